The lowest BCUT2D eigenvalue weighted by atomic mass is 10.1. The van der Waals surface area contributed by atoms with Gasteiger partial charge in [-0.1, -0.05) is 52.7 Å². The molecular weight excluding hydrogens is 362 g/mol. The molecule has 0 N–H and O–H groups in total. The Morgan fingerprint density at radius 3 is 2.30 bits per heavy atom. The molecule has 2 aromatic carbocycles. The molecule has 2 heterocycles. The highest BCUT2D eigenvalue weighted by atomic mass is 32.2. The van der Waals surface area contributed by atoms with E-state index in [0.29, 0.717) is 29.6 Å². The lowest BCUT2D eigenvalue weighted by Gasteiger charge is -2.21. The smallest absolute Gasteiger partial charge is 0.245 e. The number of hydrogen-bond donors (Lipinski definition) is 0. The van der Waals surface area contributed by atoms with Gasteiger partial charge in [0.25, 0.3) is 0 Å². The third-order valence-electron chi connectivity index (χ3n) is 4.87. The van der Waals surface area contributed by atoms with Crippen molar-refractivity contribution in [1.82, 2.24) is 14.4 Å². The number of aryl methyl sites for hydroxylation is 2. The number of rotatable bonds is 4. The van der Waals surface area contributed by atoms with Gasteiger partial charge in [-0.25, -0.2) is 8.42 Å². The third kappa shape index (κ3) is 3.40. The molecule has 0 aliphatic carbocycles. The molecule has 3 aromatic rings. The average Bonchev–Trinajstić information content (AvgIpc) is 3.32. The molecule has 1 aliphatic heterocycles. The van der Waals surface area contributed by atoms with Crippen LogP contribution in [0.5, 0.6) is 0 Å². The zero-order valence-corrected chi connectivity index (χ0v) is 16.1. The zero-order valence-electron chi connectivity index (χ0n) is 15.3. The van der Waals surface area contributed by atoms with E-state index in [1.165, 1.54) is 4.31 Å². The summed E-state index contributed by atoms with van der Waals surface area (Å²) in [5, 5.41) is 4.05. The van der Waals surface area contributed by atoms with Crippen molar-refractivity contribution >= 4 is 10.0 Å². The Bertz CT molecular complexity index is 1040. The van der Waals surface area contributed by atoms with Crippen molar-refractivity contribution in [2.45, 2.75) is 37.6 Å². The normalized spacial score (nSPS) is 18.1. The maximum absolute atomic E-state index is 13.1. The van der Waals surface area contributed by atoms with Gasteiger partial charge in [-0.05, 0) is 38.8 Å². The predicted molar refractivity (Wildman–Crippen MR) is 102 cm³/mol. The van der Waals surface area contributed by atoms with Gasteiger partial charge in [0.1, 0.15) is 6.04 Å². The minimum Gasteiger partial charge on any atom is -0.337 e. The van der Waals surface area contributed by atoms with Gasteiger partial charge in [-0.15, -0.1) is 0 Å². The van der Waals surface area contributed by atoms with Gasteiger partial charge >= 0.3 is 0 Å². The summed E-state index contributed by atoms with van der Waals surface area (Å²) < 4.78 is 33.1. The molecule has 1 atom stereocenters. The van der Waals surface area contributed by atoms with E-state index in [9.17, 15) is 8.42 Å². The molecule has 6 nitrogen and oxygen atoms in total. The van der Waals surface area contributed by atoms with E-state index in [0.717, 1.165) is 23.1 Å². The first kappa shape index (κ1) is 17.9. The van der Waals surface area contributed by atoms with E-state index >= 15 is 0 Å². The van der Waals surface area contributed by atoms with E-state index in [1.807, 2.05) is 38.1 Å². The van der Waals surface area contributed by atoms with Gasteiger partial charge in [-0.2, -0.15) is 9.29 Å². The monoisotopic (exact) mass is 383 g/mol. The van der Waals surface area contributed by atoms with Crippen molar-refractivity contribution in [1.29, 1.82) is 0 Å². The van der Waals surface area contributed by atoms with Crippen molar-refractivity contribution < 1.29 is 12.9 Å². The van der Waals surface area contributed by atoms with Crippen LogP contribution in [-0.2, 0) is 10.0 Å². The number of sulfonamides is 1. The van der Waals surface area contributed by atoms with E-state index in [2.05, 4.69) is 10.1 Å². The van der Waals surface area contributed by atoms with Crippen LogP contribution in [0, 0.1) is 13.8 Å². The van der Waals surface area contributed by atoms with Crippen LogP contribution in [0.1, 0.15) is 35.9 Å². The number of aromatic nitrogens is 2. The van der Waals surface area contributed by atoms with Crippen LogP contribution in [0.3, 0.4) is 0 Å². The SMILES string of the molecule is Cc1ccc(-c2noc(C3CCCN3S(=O)(=O)c3ccc(C)cc3)n2)cc1. The fraction of sp³-hybridized carbons (Fsp3) is 0.300. The fourth-order valence-electron chi connectivity index (χ4n) is 3.31. The number of nitrogens with zero attached hydrogens (tertiary/aromatic N) is 3. The highest BCUT2D eigenvalue weighted by molar-refractivity contribution is 7.89. The second-order valence-electron chi connectivity index (χ2n) is 6.91. The summed E-state index contributed by atoms with van der Waals surface area (Å²) in [4.78, 5) is 4.77. The molecule has 1 saturated heterocycles. The largest absolute Gasteiger partial charge is 0.337 e. The van der Waals surface area contributed by atoms with Crippen molar-refractivity contribution in [3.63, 3.8) is 0 Å². The van der Waals surface area contributed by atoms with E-state index in [-0.39, 0.29) is 0 Å². The summed E-state index contributed by atoms with van der Waals surface area (Å²) in [5.41, 5.74) is 3.02. The second kappa shape index (κ2) is 6.90. The first-order valence-electron chi connectivity index (χ1n) is 8.94. The Labute approximate surface area is 158 Å². The molecule has 0 radical (unpaired) electrons. The van der Waals surface area contributed by atoms with Crippen LogP contribution in [0.4, 0.5) is 0 Å². The Morgan fingerprint density at radius 2 is 1.63 bits per heavy atom. The van der Waals surface area contributed by atoms with E-state index in [1.54, 1.807) is 24.3 Å². The van der Waals surface area contributed by atoms with Crippen molar-refractivity contribution in [2.24, 2.45) is 0 Å². The van der Waals surface area contributed by atoms with Gasteiger partial charge in [-0.3, -0.25) is 0 Å². The average molecular weight is 383 g/mol. The van der Waals surface area contributed by atoms with E-state index < -0.39 is 16.1 Å². The minimum absolute atomic E-state index is 0.290. The standard InChI is InChI=1S/C20H21N3O3S/c1-14-5-9-16(10-6-14)19-21-20(26-22-19)18-4-3-13-23(18)27(24,25)17-11-7-15(2)8-12-17/h5-12,18H,3-4,13H2,1-2H3. The van der Waals surface area contributed by atoms with Crippen LogP contribution in [0.25, 0.3) is 11.4 Å². The van der Waals surface area contributed by atoms with Gasteiger partial charge in [0, 0.05) is 12.1 Å². The molecule has 140 valence electrons. The predicted octanol–water partition coefficient (Wildman–Crippen LogP) is 3.88. The molecule has 1 aliphatic rings. The van der Waals surface area contributed by atoms with Crippen molar-refractivity contribution in [2.75, 3.05) is 6.54 Å². The molecule has 0 amide bonds. The summed E-state index contributed by atoms with van der Waals surface area (Å²) in [7, 11) is -3.61. The Balaban J connectivity index is 1.64. The Hall–Kier alpha value is -2.51. The summed E-state index contributed by atoms with van der Waals surface area (Å²) >= 11 is 0. The van der Waals surface area contributed by atoms with Crippen LogP contribution < -0.4 is 0 Å². The highest BCUT2D eigenvalue weighted by Gasteiger charge is 2.39. The second-order valence-corrected chi connectivity index (χ2v) is 8.80. The topological polar surface area (TPSA) is 76.3 Å². The van der Waals surface area contributed by atoms with Crippen LogP contribution in [0.2, 0.25) is 0 Å². The van der Waals surface area contributed by atoms with Gasteiger partial charge in [0.05, 0.1) is 4.90 Å². The Kier molecular flexibility index (Phi) is 4.57. The molecular formula is C20H21N3O3S. The number of hydrogen-bond acceptors (Lipinski definition) is 5. The molecule has 0 bridgehead atoms. The summed E-state index contributed by atoms with van der Waals surface area (Å²) in [6.45, 7) is 4.39. The first-order valence-corrected chi connectivity index (χ1v) is 10.4. The molecule has 7 heteroatoms. The molecule has 0 spiro atoms. The summed E-state index contributed by atoms with van der Waals surface area (Å²) in [5.74, 6) is 0.823. The summed E-state index contributed by atoms with van der Waals surface area (Å²) in [6.07, 6.45) is 1.43. The van der Waals surface area contributed by atoms with Crippen molar-refractivity contribution in [3.05, 3.63) is 65.5 Å². The van der Waals surface area contributed by atoms with Crippen LogP contribution >= 0.6 is 0 Å². The lowest BCUT2D eigenvalue weighted by Crippen LogP contribution is -2.30. The quantitative estimate of drug-likeness (QED) is 0.683. The third-order valence-corrected chi connectivity index (χ3v) is 6.79. The molecule has 4 rings (SSSR count). The van der Waals surface area contributed by atoms with Gasteiger partial charge in [0.15, 0.2) is 0 Å². The molecule has 27 heavy (non-hydrogen) atoms. The molecule has 1 fully saturated rings. The molecule has 0 saturated carbocycles. The number of benzene rings is 2. The zero-order chi connectivity index (χ0) is 19.0. The van der Waals surface area contributed by atoms with Gasteiger partial charge in [0.2, 0.25) is 21.7 Å². The van der Waals surface area contributed by atoms with Crippen LogP contribution in [0.15, 0.2) is 57.9 Å². The highest BCUT2D eigenvalue weighted by Crippen LogP contribution is 2.36. The maximum atomic E-state index is 13.1. The van der Waals surface area contributed by atoms with E-state index in [4.69, 9.17) is 4.52 Å². The first-order chi connectivity index (χ1) is 12.9. The lowest BCUT2D eigenvalue weighted by molar-refractivity contribution is 0.290. The van der Waals surface area contributed by atoms with Gasteiger partial charge < -0.3 is 4.52 Å². The molecule has 1 aromatic heterocycles. The van der Waals surface area contributed by atoms with Crippen LogP contribution in [-0.4, -0.2) is 29.4 Å². The fourth-order valence-corrected chi connectivity index (χ4v) is 4.96. The Morgan fingerprint density at radius 1 is 1.00 bits per heavy atom. The minimum atomic E-state index is -3.61. The maximum Gasteiger partial charge on any atom is 0.245 e. The molecule has 1 unspecified atom stereocenters. The van der Waals surface area contributed by atoms with Crippen molar-refractivity contribution in [3.8, 4) is 11.4 Å². The summed E-state index contributed by atoms with van der Waals surface area (Å²) in [6, 6.07) is 14.3.